The van der Waals surface area contributed by atoms with Crippen LogP contribution in [-0.2, 0) is 6.42 Å². The third-order valence-corrected chi connectivity index (χ3v) is 4.90. The standard InChI is InChI=1S/C17H17Br2NO/c1-10-3-4-16-12(5-10)8-13(21-16)9-20-17-14(18)6-11(2)7-15(17)19/h3-7,13,20H,8-9H2,1-2H3. The highest BCUT2D eigenvalue weighted by atomic mass is 79.9. The number of fused-ring (bicyclic) bond motifs is 1. The first-order chi connectivity index (χ1) is 10.0. The van der Waals surface area contributed by atoms with E-state index >= 15 is 0 Å². The van der Waals surface area contributed by atoms with Crippen molar-refractivity contribution in [2.24, 2.45) is 0 Å². The lowest BCUT2D eigenvalue weighted by Crippen LogP contribution is -2.24. The molecule has 0 amide bonds. The molecule has 0 saturated carbocycles. The van der Waals surface area contributed by atoms with Crippen LogP contribution in [-0.4, -0.2) is 12.6 Å². The Morgan fingerprint density at radius 1 is 1.10 bits per heavy atom. The van der Waals surface area contributed by atoms with E-state index in [2.05, 4.69) is 81.4 Å². The van der Waals surface area contributed by atoms with Crippen LogP contribution >= 0.6 is 31.9 Å². The second-order valence-electron chi connectivity index (χ2n) is 5.54. The summed E-state index contributed by atoms with van der Waals surface area (Å²) in [6.45, 7) is 4.98. The first-order valence-electron chi connectivity index (χ1n) is 6.98. The smallest absolute Gasteiger partial charge is 0.123 e. The van der Waals surface area contributed by atoms with E-state index < -0.39 is 0 Å². The molecule has 1 atom stereocenters. The van der Waals surface area contributed by atoms with Crippen LogP contribution in [0, 0.1) is 13.8 Å². The number of anilines is 1. The van der Waals surface area contributed by atoms with Gasteiger partial charge >= 0.3 is 0 Å². The predicted molar refractivity (Wildman–Crippen MR) is 94.4 cm³/mol. The molecule has 0 bridgehead atoms. The first kappa shape index (κ1) is 14.9. The SMILES string of the molecule is Cc1cc(Br)c(NCC2Cc3cc(C)ccc3O2)c(Br)c1. The Balaban J connectivity index is 1.68. The van der Waals surface area contributed by atoms with Gasteiger partial charge in [0.05, 0.1) is 12.2 Å². The molecule has 0 aliphatic carbocycles. The summed E-state index contributed by atoms with van der Waals surface area (Å²) in [7, 11) is 0. The van der Waals surface area contributed by atoms with Crippen molar-refractivity contribution >= 4 is 37.5 Å². The fraction of sp³-hybridized carbons (Fsp3) is 0.294. The van der Waals surface area contributed by atoms with Gasteiger partial charge in [-0.15, -0.1) is 0 Å². The van der Waals surface area contributed by atoms with Crippen LogP contribution in [0.15, 0.2) is 39.3 Å². The molecular weight excluding hydrogens is 394 g/mol. The Bertz CT molecular complexity index is 661. The van der Waals surface area contributed by atoms with E-state index in [1.54, 1.807) is 0 Å². The van der Waals surface area contributed by atoms with Gasteiger partial charge in [-0.3, -0.25) is 0 Å². The van der Waals surface area contributed by atoms with Gasteiger partial charge in [-0.05, 0) is 75.0 Å². The summed E-state index contributed by atoms with van der Waals surface area (Å²) < 4.78 is 8.13. The maximum Gasteiger partial charge on any atom is 0.123 e. The molecule has 0 radical (unpaired) electrons. The Hall–Kier alpha value is -1.00. The lowest BCUT2D eigenvalue weighted by Gasteiger charge is -2.15. The van der Waals surface area contributed by atoms with Crippen LogP contribution in [0.3, 0.4) is 0 Å². The van der Waals surface area contributed by atoms with Gasteiger partial charge in [0.15, 0.2) is 0 Å². The Kier molecular flexibility index (Phi) is 4.27. The Labute approximate surface area is 142 Å². The Morgan fingerprint density at radius 2 is 1.81 bits per heavy atom. The molecule has 0 spiro atoms. The Morgan fingerprint density at radius 3 is 2.52 bits per heavy atom. The summed E-state index contributed by atoms with van der Waals surface area (Å²) in [5.41, 5.74) is 4.90. The second kappa shape index (κ2) is 6.01. The average Bonchev–Trinajstić information content (AvgIpc) is 2.79. The van der Waals surface area contributed by atoms with Crippen molar-refractivity contribution in [1.29, 1.82) is 0 Å². The minimum Gasteiger partial charge on any atom is -0.488 e. The second-order valence-corrected chi connectivity index (χ2v) is 7.25. The number of aryl methyl sites for hydroxylation is 2. The molecule has 1 aliphatic heterocycles. The summed E-state index contributed by atoms with van der Waals surface area (Å²) in [4.78, 5) is 0. The maximum atomic E-state index is 5.99. The van der Waals surface area contributed by atoms with Gasteiger partial charge < -0.3 is 10.1 Å². The van der Waals surface area contributed by atoms with Gasteiger partial charge in [-0.2, -0.15) is 0 Å². The molecule has 4 heteroatoms. The van der Waals surface area contributed by atoms with E-state index in [1.165, 1.54) is 16.7 Å². The minimum absolute atomic E-state index is 0.182. The number of benzene rings is 2. The van der Waals surface area contributed by atoms with Gasteiger partial charge in [0.2, 0.25) is 0 Å². The van der Waals surface area contributed by atoms with E-state index in [-0.39, 0.29) is 6.10 Å². The fourth-order valence-corrected chi connectivity index (χ4v) is 4.34. The topological polar surface area (TPSA) is 21.3 Å². The highest BCUT2D eigenvalue weighted by Crippen LogP contribution is 2.34. The summed E-state index contributed by atoms with van der Waals surface area (Å²) in [5, 5.41) is 3.48. The highest BCUT2D eigenvalue weighted by Gasteiger charge is 2.23. The van der Waals surface area contributed by atoms with Crippen LogP contribution in [0.25, 0.3) is 0 Å². The quantitative estimate of drug-likeness (QED) is 0.746. The molecule has 0 fully saturated rings. The summed E-state index contributed by atoms with van der Waals surface area (Å²) in [6.07, 6.45) is 1.15. The van der Waals surface area contributed by atoms with Crippen molar-refractivity contribution in [3.05, 3.63) is 56.0 Å². The first-order valence-corrected chi connectivity index (χ1v) is 8.57. The van der Waals surface area contributed by atoms with Gasteiger partial charge in [0.1, 0.15) is 11.9 Å². The van der Waals surface area contributed by atoms with Crippen molar-refractivity contribution in [3.8, 4) is 5.75 Å². The van der Waals surface area contributed by atoms with Gasteiger partial charge in [0, 0.05) is 15.4 Å². The maximum absolute atomic E-state index is 5.99. The molecule has 1 aliphatic rings. The molecule has 3 rings (SSSR count). The summed E-state index contributed by atoms with van der Waals surface area (Å²) in [5.74, 6) is 1.02. The highest BCUT2D eigenvalue weighted by molar-refractivity contribution is 9.11. The van der Waals surface area contributed by atoms with E-state index in [1.807, 2.05) is 0 Å². The summed E-state index contributed by atoms with van der Waals surface area (Å²) in [6, 6.07) is 10.6. The van der Waals surface area contributed by atoms with Crippen LogP contribution in [0.4, 0.5) is 5.69 Å². The van der Waals surface area contributed by atoms with Gasteiger partial charge in [-0.1, -0.05) is 17.7 Å². The number of nitrogens with one attached hydrogen (secondary N) is 1. The molecule has 2 aromatic carbocycles. The normalized spacial score (nSPS) is 16.5. The molecule has 2 nitrogen and oxygen atoms in total. The fourth-order valence-electron chi connectivity index (χ4n) is 2.65. The lowest BCUT2D eigenvalue weighted by molar-refractivity contribution is 0.246. The third kappa shape index (κ3) is 3.27. The van der Waals surface area contributed by atoms with E-state index in [0.29, 0.717) is 0 Å². The van der Waals surface area contributed by atoms with E-state index in [0.717, 1.165) is 33.3 Å². The van der Waals surface area contributed by atoms with Crippen molar-refractivity contribution < 1.29 is 4.74 Å². The van der Waals surface area contributed by atoms with Crippen LogP contribution in [0.2, 0.25) is 0 Å². The van der Waals surface area contributed by atoms with Gasteiger partial charge in [-0.25, -0.2) is 0 Å². The number of hydrogen-bond acceptors (Lipinski definition) is 2. The number of ether oxygens (including phenoxy) is 1. The molecule has 0 aromatic heterocycles. The lowest BCUT2D eigenvalue weighted by atomic mass is 10.1. The van der Waals surface area contributed by atoms with Crippen molar-refractivity contribution in [2.45, 2.75) is 26.4 Å². The zero-order valence-corrected chi connectivity index (χ0v) is 15.2. The summed E-state index contributed by atoms with van der Waals surface area (Å²) >= 11 is 7.22. The van der Waals surface area contributed by atoms with E-state index in [4.69, 9.17) is 4.74 Å². The molecule has 2 aromatic rings. The number of hydrogen-bond donors (Lipinski definition) is 1. The molecule has 1 N–H and O–H groups in total. The molecule has 1 unspecified atom stereocenters. The average molecular weight is 411 g/mol. The number of rotatable bonds is 3. The van der Waals surface area contributed by atoms with Crippen molar-refractivity contribution in [2.75, 3.05) is 11.9 Å². The largest absolute Gasteiger partial charge is 0.488 e. The minimum atomic E-state index is 0.182. The monoisotopic (exact) mass is 409 g/mol. The molecule has 110 valence electrons. The molecule has 1 heterocycles. The van der Waals surface area contributed by atoms with Crippen molar-refractivity contribution in [3.63, 3.8) is 0 Å². The zero-order valence-electron chi connectivity index (χ0n) is 12.0. The molecule has 21 heavy (non-hydrogen) atoms. The van der Waals surface area contributed by atoms with Crippen LogP contribution < -0.4 is 10.1 Å². The van der Waals surface area contributed by atoms with Gasteiger partial charge in [0.25, 0.3) is 0 Å². The predicted octanol–water partition coefficient (Wildman–Crippen LogP) is 5.24. The van der Waals surface area contributed by atoms with Crippen molar-refractivity contribution in [1.82, 2.24) is 0 Å². The van der Waals surface area contributed by atoms with Crippen LogP contribution in [0.1, 0.15) is 16.7 Å². The third-order valence-electron chi connectivity index (χ3n) is 3.65. The number of halogens is 2. The zero-order chi connectivity index (χ0) is 15.0. The van der Waals surface area contributed by atoms with Crippen LogP contribution in [0.5, 0.6) is 5.75 Å². The van der Waals surface area contributed by atoms with E-state index in [9.17, 15) is 0 Å². The molecule has 0 saturated heterocycles. The molecular formula is C17H17Br2NO.